The average molecular weight is 262 g/mol. The maximum absolute atomic E-state index is 12.3. The Kier molecular flexibility index (Phi) is 4.14. The van der Waals surface area contributed by atoms with Crippen LogP contribution < -0.4 is 5.32 Å². The Morgan fingerprint density at radius 1 is 1.42 bits per heavy atom. The van der Waals surface area contributed by atoms with Gasteiger partial charge >= 0.3 is 0 Å². The number of carbonyl (C=O) groups is 1. The molecule has 1 N–H and O–H groups in total. The van der Waals surface area contributed by atoms with Crippen LogP contribution in [0.1, 0.15) is 33.6 Å². The van der Waals surface area contributed by atoms with Gasteiger partial charge in [0, 0.05) is 6.54 Å². The molecule has 1 aromatic heterocycles. The topological polar surface area (TPSA) is 58.1 Å². The number of anilines is 1. The molecule has 2 heterocycles. The summed E-state index contributed by atoms with van der Waals surface area (Å²) >= 11 is 0. The summed E-state index contributed by atoms with van der Waals surface area (Å²) in [6.07, 6.45) is 6.70. The van der Waals surface area contributed by atoms with Crippen LogP contribution in [0.25, 0.3) is 0 Å². The maximum atomic E-state index is 12.3. The van der Waals surface area contributed by atoms with Crippen LogP contribution in [-0.4, -0.2) is 39.9 Å². The lowest BCUT2D eigenvalue weighted by molar-refractivity contribution is -0.120. The van der Waals surface area contributed by atoms with Gasteiger partial charge in [-0.05, 0) is 24.8 Å². The average Bonchev–Trinajstić information content (AvgIpc) is 2.76. The second-order valence-electron chi connectivity index (χ2n) is 6.31. The molecule has 19 heavy (non-hydrogen) atoms. The van der Waals surface area contributed by atoms with E-state index in [1.54, 1.807) is 12.4 Å². The highest BCUT2D eigenvalue weighted by Gasteiger charge is 2.32. The Morgan fingerprint density at radius 2 is 2.11 bits per heavy atom. The molecule has 0 saturated carbocycles. The molecular formula is C14H22N4O. The van der Waals surface area contributed by atoms with Crippen molar-refractivity contribution in [2.45, 2.75) is 39.7 Å². The zero-order valence-corrected chi connectivity index (χ0v) is 11.9. The number of carbonyl (C=O) groups excluding carboxylic acids is 1. The van der Waals surface area contributed by atoms with E-state index >= 15 is 0 Å². The van der Waals surface area contributed by atoms with E-state index in [2.05, 4.69) is 41.0 Å². The molecule has 0 aromatic carbocycles. The first-order valence-corrected chi connectivity index (χ1v) is 6.76. The van der Waals surface area contributed by atoms with Gasteiger partial charge in [0.25, 0.3) is 0 Å². The molecule has 1 aliphatic rings. The highest BCUT2D eigenvalue weighted by Crippen LogP contribution is 2.24. The summed E-state index contributed by atoms with van der Waals surface area (Å²) in [6, 6.07) is -0.0283. The summed E-state index contributed by atoms with van der Waals surface area (Å²) in [7, 11) is 0. The zero-order chi connectivity index (χ0) is 13.9. The van der Waals surface area contributed by atoms with Gasteiger partial charge in [-0.25, -0.2) is 9.97 Å². The first-order valence-electron chi connectivity index (χ1n) is 6.76. The van der Waals surface area contributed by atoms with Gasteiger partial charge in [-0.1, -0.05) is 20.8 Å². The van der Waals surface area contributed by atoms with E-state index in [-0.39, 0.29) is 17.4 Å². The molecule has 0 aliphatic carbocycles. The Balaban J connectivity index is 1.98. The minimum absolute atomic E-state index is 0.0283. The van der Waals surface area contributed by atoms with Crippen LogP contribution in [-0.2, 0) is 4.79 Å². The largest absolute Gasteiger partial charge is 0.322 e. The van der Waals surface area contributed by atoms with Crippen molar-refractivity contribution in [1.29, 1.82) is 0 Å². The minimum Gasteiger partial charge on any atom is -0.322 e. The number of likely N-dealkylation sites (tertiary alicyclic amines) is 1. The van der Waals surface area contributed by atoms with E-state index in [1.165, 1.54) is 6.33 Å². The van der Waals surface area contributed by atoms with Crippen molar-refractivity contribution in [2.75, 3.05) is 18.4 Å². The number of amides is 1. The monoisotopic (exact) mass is 262 g/mol. The second-order valence-corrected chi connectivity index (χ2v) is 6.31. The molecule has 5 heteroatoms. The van der Waals surface area contributed by atoms with Crippen LogP contribution in [0.3, 0.4) is 0 Å². The van der Waals surface area contributed by atoms with Gasteiger partial charge < -0.3 is 5.32 Å². The number of nitrogens with zero attached hydrogens (tertiary/aromatic N) is 3. The van der Waals surface area contributed by atoms with Crippen molar-refractivity contribution >= 4 is 11.6 Å². The van der Waals surface area contributed by atoms with Crippen molar-refractivity contribution in [1.82, 2.24) is 14.9 Å². The van der Waals surface area contributed by atoms with Crippen LogP contribution in [0.5, 0.6) is 0 Å². The van der Waals surface area contributed by atoms with Crippen molar-refractivity contribution in [3.8, 4) is 0 Å². The fraction of sp³-hybridized carbons (Fsp3) is 0.643. The van der Waals surface area contributed by atoms with Crippen molar-refractivity contribution < 1.29 is 4.79 Å². The molecule has 0 bridgehead atoms. The van der Waals surface area contributed by atoms with E-state index in [1.807, 2.05) is 0 Å². The SMILES string of the molecule is CC(C)(C)CN1CCCC1C(=O)Nc1cncnc1. The summed E-state index contributed by atoms with van der Waals surface area (Å²) in [5, 5.41) is 2.89. The lowest BCUT2D eigenvalue weighted by Gasteiger charge is -2.30. The van der Waals surface area contributed by atoms with Gasteiger partial charge in [0.1, 0.15) is 6.33 Å². The zero-order valence-electron chi connectivity index (χ0n) is 11.9. The van der Waals surface area contributed by atoms with Gasteiger partial charge in [-0.15, -0.1) is 0 Å². The van der Waals surface area contributed by atoms with E-state index in [9.17, 15) is 4.79 Å². The molecule has 0 spiro atoms. The third-order valence-corrected chi connectivity index (χ3v) is 3.17. The molecular weight excluding hydrogens is 240 g/mol. The van der Waals surface area contributed by atoms with Gasteiger partial charge in [-0.2, -0.15) is 0 Å². The molecule has 1 saturated heterocycles. The normalized spacial score (nSPS) is 20.5. The minimum atomic E-state index is -0.0283. The lowest BCUT2D eigenvalue weighted by atomic mass is 9.95. The summed E-state index contributed by atoms with van der Waals surface area (Å²) in [5.74, 6) is 0.0524. The van der Waals surface area contributed by atoms with Gasteiger partial charge in [0.2, 0.25) is 5.91 Å². The van der Waals surface area contributed by atoms with Gasteiger partial charge in [0.05, 0.1) is 24.1 Å². The summed E-state index contributed by atoms with van der Waals surface area (Å²) in [5.41, 5.74) is 0.869. The molecule has 1 aromatic rings. The molecule has 1 amide bonds. The fourth-order valence-corrected chi connectivity index (χ4v) is 2.51. The quantitative estimate of drug-likeness (QED) is 0.904. The van der Waals surface area contributed by atoms with Gasteiger partial charge in [0.15, 0.2) is 0 Å². The Hall–Kier alpha value is -1.49. The highest BCUT2D eigenvalue weighted by molar-refractivity contribution is 5.94. The third-order valence-electron chi connectivity index (χ3n) is 3.17. The summed E-state index contributed by atoms with van der Waals surface area (Å²) < 4.78 is 0. The number of aromatic nitrogens is 2. The van der Waals surface area contributed by atoms with E-state index in [0.29, 0.717) is 5.69 Å². The Morgan fingerprint density at radius 3 is 2.74 bits per heavy atom. The van der Waals surface area contributed by atoms with Crippen LogP contribution >= 0.6 is 0 Å². The van der Waals surface area contributed by atoms with Crippen molar-refractivity contribution in [3.63, 3.8) is 0 Å². The van der Waals surface area contributed by atoms with E-state index in [4.69, 9.17) is 0 Å². The van der Waals surface area contributed by atoms with Crippen molar-refractivity contribution in [3.05, 3.63) is 18.7 Å². The standard InChI is InChI=1S/C14H22N4O/c1-14(2,3)9-18-6-4-5-12(18)13(19)17-11-7-15-10-16-8-11/h7-8,10,12H,4-6,9H2,1-3H3,(H,17,19). The number of rotatable bonds is 3. The Labute approximate surface area is 114 Å². The first kappa shape index (κ1) is 13.9. The molecule has 0 radical (unpaired) electrons. The maximum Gasteiger partial charge on any atom is 0.241 e. The predicted octanol–water partition coefficient (Wildman–Crippen LogP) is 1.93. The fourth-order valence-electron chi connectivity index (χ4n) is 2.51. The molecule has 104 valence electrons. The summed E-state index contributed by atoms with van der Waals surface area (Å²) in [6.45, 7) is 8.54. The molecule has 1 unspecified atom stereocenters. The van der Waals surface area contributed by atoms with Gasteiger partial charge in [-0.3, -0.25) is 9.69 Å². The first-order chi connectivity index (χ1) is 8.96. The third kappa shape index (κ3) is 3.99. The van der Waals surface area contributed by atoms with Crippen LogP contribution in [0.4, 0.5) is 5.69 Å². The van der Waals surface area contributed by atoms with Crippen LogP contribution in [0.15, 0.2) is 18.7 Å². The smallest absolute Gasteiger partial charge is 0.241 e. The van der Waals surface area contributed by atoms with E-state index < -0.39 is 0 Å². The number of hydrogen-bond donors (Lipinski definition) is 1. The summed E-state index contributed by atoms with van der Waals surface area (Å²) in [4.78, 5) is 22.4. The highest BCUT2D eigenvalue weighted by atomic mass is 16.2. The molecule has 1 atom stereocenters. The molecule has 1 fully saturated rings. The lowest BCUT2D eigenvalue weighted by Crippen LogP contribution is -2.43. The molecule has 2 rings (SSSR count). The number of hydrogen-bond acceptors (Lipinski definition) is 4. The molecule has 1 aliphatic heterocycles. The number of nitrogens with one attached hydrogen (secondary N) is 1. The van der Waals surface area contributed by atoms with Crippen LogP contribution in [0.2, 0.25) is 0 Å². The van der Waals surface area contributed by atoms with Crippen molar-refractivity contribution in [2.24, 2.45) is 5.41 Å². The second kappa shape index (κ2) is 5.65. The van der Waals surface area contributed by atoms with Crippen LogP contribution in [0, 0.1) is 5.41 Å². The Bertz CT molecular complexity index is 427. The van der Waals surface area contributed by atoms with E-state index in [0.717, 1.165) is 25.9 Å². The predicted molar refractivity (Wildman–Crippen MR) is 74.7 cm³/mol. The molecule has 5 nitrogen and oxygen atoms in total.